The SMILES string of the molecule is CCCCCC(=O)CC(C)=O.Cl. The average molecular weight is 193 g/mol. The summed E-state index contributed by atoms with van der Waals surface area (Å²) < 4.78 is 0. The Hall–Kier alpha value is -0.370. The molecule has 0 aliphatic carbocycles. The molecule has 0 fully saturated rings. The Morgan fingerprint density at radius 1 is 1.17 bits per heavy atom. The molecule has 0 N–H and O–H groups in total. The highest BCUT2D eigenvalue weighted by atomic mass is 35.5. The van der Waals surface area contributed by atoms with Crippen LogP contribution >= 0.6 is 12.4 Å². The first kappa shape index (κ1) is 14.2. The Morgan fingerprint density at radius 3 is 2.17 bits per heavy atom. The minimum Gasteiger partial charge on any atom is -0.300 e. The number of carbonyl (C=O) groups excluding carboxylic acids is 2. The molecular weight excluding hydrogens is 176 g/mol. The van der Waals surface area contributed by atoms with E-state index in [0.29, 0.717) is 6.42 Å². The third kappa shape index (κ3) is 9.63. The molecule has 0 aromatic carbocycles. The van der Waals surface area contributed by atoms with Crippen LogP contribution in [0.1, 0.15) is 46.0 Å². The average Bonchev–Trinajstić information content (AvgIpc) is 1.86. The van der Waals surface area contributed by atoms with Crippen LogP contribution < -0.4 is 0 Å². The highest BCUT2D eigenvalue weighted by Crippen LogP contribution is 2.01. The Morgan fingerprint density at radius 2 is 1.75 bits per heavy atom. The second-order valence-corrected chi connectivity index (χ2v) is 2.87. The first-order chi connectivity index (χ1) is 5.16. The van der Waals surface area contributed by atoms with E-state index in [-0.39, 0.29) is 30.4 Å². The van der Waals surface area contributed by atoms with Crippen molar-refractivity contribution in [2.75, 3.05) is 0 Å². The largest absolute Gasteiger partial charge is 0.300 e. The first-order valence-electron chi connectivity index (χ1n) is 4.18. The van der Waals surface area contributed by atoms with Crippen molar-refractivity contribution in [1.82, 2.24) is 0 Å². The summed E-state index contributed by atoms with van der Waals surface area (Å²) in [5.74, 6) is 0.0671. The van der Waals surface area contributed by atoms with Gasteiger partial charge in [-0.15, -0.1) is 12.4 Å². The molecule has 0 unspecified atom stereocenters. The lowest BCUT2D eigenvalue weighted by molar-refractivity contribution is -0.125. The van der Waals surface area contributed by atoms with Crippen LogP contribution in [0.5, 0.6) is 0 Å². The summed E-state index contributed by atoms with van der Waals surface area (Å²) >= 11 is 0. The molecule has 72 valence electrons. The van der Waals surface area contributed by atoms with Crippen LogP contribution in [-0.2, 0) is 9.59 Å². The van der Waals surface area contributed by atoms with Crippen molar-refractivity contribution in [2.45, 2.75) is 46.0 Å². The molecule has 12 heavy (non-hydrogen) atoms. The second kappa shape index (κ2) is 8.72. The fourth-order valence-electron chi connectivity index (χ4n) is 0.938. The number of carbonyl (C=O) groups is 2. The van der Waals surface area contributed by atoms with Gasteiger partial charge < -0.3 is 0 Å². The molecule has 0 amide bonds. The fourth-order valence-corrected chi connectivity index (χ4v) is 0.938. The predicted molar refractivity (Wildman–Crippen MR) is 51.7 cm³/mol. The van der Waals surface area contributed by atoms with Crippen molar-refractivity contribution in [3.8, 4) is 0 Å². The summed E-state index contributed by atoms with van der Waals surface area (Å²) in [6, 6.07) is 0. The van der Waals surface area contributed by atoms with E-state index < -0.39 is 0 Å². The summed E-state index contributed by atoms with van der Waals surface area (Å²) in [5.41, 5.74) is 0. The third-order valence-corrected chi connectivity index (χ3v) is 1.51. The molecule has 0 heterocycles. The van der Waals surface area contributed by atoms with Gasteiger partial charge in [-0.1, -0.05) is 19.8 Å². The summed E-state index contributed by atoms with van der Waals surface area (Å²) in [7, 11) is 0. The van der Waals surface area contributed by atoms with Crippen molar-refractivity contribution >= 4 is 24.0 Å². The van der Waals surface area contributed by atoms with E-state index in [1.54, 1.807) is 0 Å². The number of halogens is 1. The zero-order valence-electron chi connectivity index (χ0n) is 7.76. The molecule has 0 aromatic heterocycles. The van der Waals surface area contributed by atoms with Gasteiger partial charge in [0.05, 0.1) is 6.42 Å². The summed E-state index contributed by atoms with van der Waals surface area (Å²) in [6.45, 7) is 3.55. The lowest BCUT2D eigenvalue weighted by Crippen LogP contribution is -2.03. The second-order valence-electron chi connectivity index (χ2n) is 2.87. The van der Waals surface area contributed by atoms with Crippen molar-refractivity contribution in [3.63, 3.8) is 0 Å². The molecular formula is C9H17ClO2. The first-order valence-corrected chi connectivity index (χ1v) is 4.18. The van der Waals surface area contributed by atoms with Gasteiger partial charge in [-0.3, -0.25) is 9.59 Å². The fraction of sp³-hybridized carbons (Fsp3) is 0.778. The highest BCUT2D eigenvalue weighted by Gasteiger charge is 2.03. The summed E-state index contributed by atoms with van der Waals surface area (Å²) in [4.78, 5) is 21.4. The Bertz CT molecular complexity index is 143. The van der Waals surface area contributed by atoms with Crippen LogP contribution in [0, 0.1) is 0 Å². The highest BCUT2D eigenvalue weighted by molar-refractivity contribution is 5.97. The Balaban J connectivity index is 0. The summed E-state index contributed by atoms with van der Waals surface area (Å²) in [5, 5.41) is 0. The number of Topliss-reactive ketones (excluding diaryl/α,β-unsaturated/α-hetero) is 2. The van der Waals surface area contributed by atoms with E-state index in [0.717, 1.165) is 19.3 Å². The van der Waals surface area contributed by atoms with E-state index in [1.165, 1.54) is 6.92 Å². The number of hydrogen-bond acceptors (Lipinski definition) is 2. The molecule has 0 spiro atoms. The number of rotatable bonds is 6. The minimum atomic E-state index is -0.0218. The molecule has 0 saturated heterocycles. The molecule has 0 bridgehead atoms. The maximum absolute atomic E-state index is 10.9. The van der Waals surface area contributed by atoms with Gasteiger partial charge in [0.2, 0.25) is 0 Å². The minimum absolute atomic E-state index is 0. The van der Waals surface area contributed by atoms with Gasteiger partial charge in [0.25, 0.3) is 0 Å². The van der Waals surface area contributed by atoms with E-state index in [2.05, 4.69) is 6.92 Å². The van der Waals surface area contributed by atoms with Gasteiger partial charge in [0.15, 0.2) is 0 Å². The van der Waals surface area contributed by atoms with Crippen molar-refractivity contribution < 1.29 is 9.59 Å². The Kier molecular flexibility index (Phi) is 10.3. The summed E-state index contributed by atoms with van der Waals surface area (Å²) in [6.07, 6.45) is 3.84. The topological polar surface area (TPSA) is 34.1 Å². The predicted octanol–water partition coefficient (Wildman–Crippen LogP) is 2.54. The third-order valence-electron chi connectivity index (χ3n) is 1.51. The number of ketones is 2. The van der Waals surface area contributed by atoms with Crippen molar-refractivity contribution in [1.29, 1.82) is 0 Å². The zero-order valence-corrected chi connectivity index (χ0v) is 8.58. The van der Waals surface area contributed by atoms with Crippen molar-refractivity contribution in [2.24, 2.45) is 0 Å². The normalized spacial score (nSPS) is 8.83. The van der Waals surface area contributed by atoms with Gasteiger partial charge in [0.1, 0.15) is 11.6 Å². The number of hydrogen-bond donors (Lipinski definition) is 0. The van der Waals surface area contributed by atoms with Gasteiger partial charge in [-0.2, -0.15) is 0 Å². The number of unbranched alkanes of at least 4 members (excludes halogenated alkanes) is 2. The van der Waals surface area contributed by atoms with Crippen LogP contribution in [0.4, 0.5) is 0 Å². The van der Waals surface area contributed by atoms with Crippen LogP contribution in [0.3, 0.4) is 0 Å². The van der Waals surface area contributed by atoms with Crippen molar-refractivity contribution in [3.05, 3.63) is 0 Å². The monoisotopic (exact) mass is 192 g/mol. The van der Waals surface area contributed by atoms with Gasteiger partial charge in [-0.25, -0.2) is 0 Å². The molecule has 0 aliphatic rings. The molecule has 0 aliphatic heterocycles. The lowest BCUT2D eigenvalue weighted by Gasteiger charge is -1.95. The van der Waals surface area contributed by atoms with E-state index >= 15 is 0 Å². The molecule has 0 aromatic rings. The molecule has 3 heteroatoms. The lowest BCUT2D eigenvalue weighted by atomic mass is 10.1. The maximum Gasteiger partial charge on any atom is 0.140 e. The van der Waals surface area contributed by atoms with E-state index in [9.17, 15) is 9.59 Å². The zero-order chi connectivity index (χ0) is 8.69. The molecule has 2 nitrogen and oxygen atoms in total. The molecule has 0 atom stereocenters. The quantitative estimate of drug-likeness (QED) is 0.479. The van der Waals surface area contributed by atoms with Gasteiger partial charge in [-0.05, 0) is 13.3 Å². The molecule has 0 radical (unpaired) electrons. The standard InChI is InChI=1S/C9H16O2.ClH/c1-3-4-5-6-9(11)7-8(2)10;/h3-7H2,1-2H3;1H. The van der Waals surface area contributed by atoms with E-state index in [1.807, 2.05) is 0 Å². The van der Waals surface area contributed by atoms with Crippen LogP contribution in [-0.4, -0.2) is 11.6 Å². The molecule has 0 rings (SSSR count). The van der Waals surface area contributed by atoms with E-state index in [4.69, 9.17) is 0 Å². The molecule has 0 saturated carbocycles. The maximum atomic E-state index is 10.9. The van der Waals surface area contributed by atoms with Crippen LogP contribution in [0.15, 0.2) is 0 Å². The smallest absolute Gasteiger partial charge is 0.140 e. The Labute approximate surface area is 80.1 Å². The van der Waals surface area contributed by atoms with Gasteiger partial charge >= 0.3 is 0 Å². The van der Waals surface area contributed by atoms with Crippen LogP contribution in [0.25, 0.3) is 0 Å². The van der Waals surface area contributed by atoms with Gasteiger partial charge in [0, 0.05) is 6.42 Å². The van der Waals surface area contributed by atoms with Crippen LogP contribution in [0.2, 0.25) is 0 Å².